The van der Waals surface area contributed by atoms with Gasteiger partial charge in [0.05, 0.1) is 10.3 Å². The number of ketones is 1. The first kappa shape index (κ1) is 37.3. The van der Waals surface area contributed by atoms with Crippen molar-refractivity contribution >= 4 is 23.5 Å². The third kappa shape index (κ3) is 5.90. The predicted octanol–water partition coefficient (Wildman–Crippen LogP) is 8.48. The van der Waals surface area contributed by atoms with Gasteiger partial charge in [0.25, 0.3) is 5.69 Å². The molecule has 1 aliphatic heterocycles. The van der Waals surface area contributed by atoms with Gasteiger partial charge in [-0.3, -0.25) is 19.7 Å². The highest BCUT2D eigenvalue weighted by atomic mass is 16.6. The number of likely N-dealkylation sites (N-methyl/N-ethyl adjacent to an activating group) is 1. The number of hydrogen-bond donors (Lipinski definition) is 0. The molecule has 0 aromatic heterocycles. The Labute approximate surface area is 313 Å². The van der Waals surface area contributed by atoms with Gasteiger partial charge in [0.15, 0.2) is 5.76 Å². The van der Waals surface area contributed by atoms with Crippen LogP contribution in [0.3, 0.4) is 0 Å². The molecule has 1 heterocycles. The van der Waals surface area contributed by atoms with Gasteiger partial charge in [-0.05, 0) is 122 Å². The average Bonchev–Trinajstić information content (AvgIpc) is 3.14. The van der Waals surface area contributed by atoms with Crippen molar-refractivity contribution in [2.24, 2.45) is 33.0 Å². The summed E-state index contributed by atoms with van der Waals surface area (Å²) in [6, 6.07) is 6.17. The number of amides is 1. The fourth-order valence-electron chi connectivity index (χ4n) is 11.2. The summed E-state index contributed by atoms with van der Waals surface area (Å²) in [4.78, 5) is 55.5. The molecule has 1 amide bonds. The first-order valence-corrected chi connectivity index (χ1v) is 19.5. The maximum atomic E-state index is 13.9. The van der Waals surface area contributed by atoms with E-state index >= 15 is 0 Å². The van der Waals surface area contributed by atoms with Crippen molar-refractivity contribution in [3.05, 3.63) is 86.2 Å². The fourth-order valence-corrected chi connectivity index (χ4v) is 11.2. The Morgan fingerprint density at radius 1 is 0.925 bits per heavy atom. The van der Waals surface area contributed by atoms with Crippen molar-refractivity contribution in [3.8, 4) is 0 Å². The lowest BCUT2D eigenvalue weighted by Gasteiger charge is -2.70. The molecule has 5 aliphatic carbocycles. The molecule has 10 heteroatoms. The van der Waals surface area contributed by atoms with Crippen LogP contribution in [0.5, 0.6) is 0 Å². The molecular formula is C43H55N3O7. The van der Waals surface area contributed by atoms with E-state index in [4.69, 9.17) is 9.47 Å². The number of rotatable bonds is 6. The molecule has 4 fully saturated rings. The van der Waals surface area contributed by atoms with Crippen LogP contribution < -0.4 is 0 Å². The third-order valence-electron chi connectivity index (χ3n) is 15.1. The molecule has 10 nitrogen and oxygen atoms in total. The molecule has 0 bridgehead atoms. The van der Waals surface area contributed by atoms with E-state index in [2.05, 4.69) is 58.6 Å². The number of carbonyl (C=O) groups excluding carboxylic acids is 3. The summed E-state index contributed by atoms with van der Waals surface area (Å²) in [7, 11) is 0. The van der Waals surface area contributed by atoms with Gasteiger partial charge in [-0.25, -0.2) is 4.79 Å². The molecule has 0 radical (unpaired) electrons. The molecule has 3 saturated carbocycles. The van der Waals surface area contributed by atoms with Gasteiger partial charge >= 0.3 is 12.1 Å². The van der Waals surface area contributed by atoms with Gasteiger partial charge < -0.3 is 19.3 Å². The highest BCUT2D eigenvalue weighted by Gasteiger charge is 2.67. The van der Waals surface area contributed by atoms with Crippen LogP contribution in [0.15, 0.2) is 70.5 Å². The molecule has 1 aromatic carbocycles. The maximum Gasteiger partial charge on any atom is 0.415 e. The Morgan fingerprint density at radius 3 is 2.26 bits per heavy atom. The first-order chi connectivity index (χ1) is 25.0. The van der Waals surface area contributed by atoms with Crippen LogP contribution in [0.4, 0.5) is 10.5 Å². The van der Waals surface area contributed by atoms with E-state index in [0.717, 1.165) is 86.9 Å². The molecule has 284 valence electrons. The van der Waals surface area contributed by atoms with Crippen LogP contribution >= 0.6 is 0 Å². The van der Waals surface area contributed by atoms with Crippen molar-refractivity contribution in [3.63, 3.8) is 0 Å². The molecule has 1 aromatic rings. The SMILES string of the molecule is CCN1CCN(C(=O)OC2=C(C)C3=CC=C4[C@@](C)(CC[C@@]5(C)[C@@H]6C[C@](C)(C(=O)OCc7ccc([N+](=O)[O-])cc7)CC[C@]6(C)CC[C@]45C)C3=CC2=O)CC1. The summed E-state index contributed by atoms with van der Waals surface area (Å²) in [5.41, 5.74) is 3.66. The topological polar surface area (TPSA) is 119 Å². The monoisotopic (exact) mass is 725 g/mol. The average molecular weight is 726 g/mol. The number of nitro benzene ring substituents is 1. The van der Waals surface area contributed by atoms with Crippen LogP contribution in [-0.4, -0.2) is 65.3 Å². The molecule has 53 heavy (non-hydrogen) atoms. The van der Waals surface area contributed by atoms with E-state index in [9.17, 15) is 24.5 Å². The molecule has 6 aliphatic rings. The summed E-state index contributed by atoms with van der Waals surface area (Å²) < 4.78 is 11.8. The highest BCUT2D eigenvalue weighted by molar-refractivity contribution is 6.08. The lowest BCUT2D eigenvalue weighted by atomic mass is 9.34. The normalized spacial score (nSPS) is 35.5. The van der Waals surface area contributed by atoms with Gasteiger partial charge in [0.1, 0.15) is 6.61 Å². The molecule has 0 unspecified atom stereocenters. The number of ether oxygens (including phenoxy) is 2. The van der Waals surface area contributed by atoms with Gasteiger partial charge in [0, 0.05) is 49.3 Å². The number of hydrogen-bond acceptors (Lipinski definition) is 8. The Balaban J connectivity index is 1.13. The van der Waals surface area contributed by atoms with Crippen molar-refractivity contribution in [2.75, 3.05) is 32.7 Å². The van der Waals surface area contributed by atoms with E-state index in [0.29, 0.717) is 13.1 Å². The summed E-state index contributed by atoms with van der Waals surface area (Å²) in [5, 5.41) is 11.1. The second kappa shape index (κ2) is 13.1. The van der Waals surface area contributed by atoms with Crippen LogP contribution in [-0.2, 0) is 25.7 Å². The Kier molecular flexibility index (Phi) is 9.19. The van der Waals surface area contributed by atoms with E-state index in [1.807, 2.05) is 6.92 Å². The summed E-state index contributed by atoms with van der Waals surface area (Å²) >= 11 is 0. The van der Waals surface area contributed by atoms with Gasteiger partial charge in [-0.2, -0.15) is 0 Å². The Bertz CT molecular complexity index is 1870. The van der Waals surface area contributed by atoms with Gasteiger partial charge in [-0.15, -0.1) is 0 Å². The summed E-state index contributed by atoms with van der Waals surface area (Å²) in [6.45, 7) is 19.5. The van der Waals surface area contributed by atoms with E-state index in [-0.39, 0.29) is 57.4 Å². The number of nitro groups is 1. The molecular weight excluding hydrogens is 670 g/mol. The van der Waals surface area contributed by atoms with E-state index < -0.39 is 16.4 Å². The van der Waals surface area contributed by atoms with E-state index in [1.165, 1.54) is 17.7 Å². The number of esters is 1. The molecule has 0 spiro atoms. The largest absolute Gasteiger partial charge is 0.460 e. The Hall–Kier alpha value is -4.05. The third-order valence-corrected chi connectivity index (χ3v) is 15.1. The van der Waals surface area contributed by atoms with Crippen molar-refractivity contribution in [1.29, 1.82) is 0 Å². The van der Waals surface area contributed by atoms with Crippen LogP contribution in [0.25, 0.3) is 0 Å². The number of piperazine rings is 1. The molecule has 0 N–H and O–H groups in total. The second-order valence-electron chi connectivity index (χ2n) is 17.9. The van der Waals surface area contributed by atoms with Crippen LogP contribution in [0.2, 0.25) is 0 Å². The number of non-ortho nitro benzene ring substituents is 1. The van der Waals surface area contributed by atoms with Crippen LogP contribution in [0.1, 0.15) is 99.0 Å². The molecule has 7 rings (SSSR count). The van der Waals surface area contributed by atoms with Crippen molar-refractivity contribution < 1.29 is 28.8 Å². The number of benzene rings is 1. The van der Waals surface area contributed by atoms with Crippen molar-refractivity contribution in [1.82, 2.24) is 9.80 Å². The second-order valence-corrected chi connectivity index (χ2v) is 17.9. The lowest BCUT2D eigenvalue weighted by molar-refractivity contribution is -0.384. The minimum atomic E-state index is -0.640. The standard InChI is InChI=1S/C43H55N3O7/c1-8-44-21-23-45(24-22-44)38(49)53-36-28(2)31-13-14-34-41(5,32(31)25-33(36)47)18-20-43(7)35-26-40(4,16-15-39(35,3)17-19-42(34,43)6)37(48)52-27-29-9-11-30(12-10-29)46(50)51/h9-14,25,35H,8,15-24,26-27H2,1-7H3/t35-,39-,40-,41+,42-,43+/m1/s1. The zero-order valence-electron chi connectivity index (χ0n) is 32.5. The summed E-state index contributed by atoms with van der Waals surface area (Å²) in [5.74, 6) is -0.0379. The minimum Gasteiger partial charge on any atom is -0.460 e. The number of carbonyl (C=O) groups is 3. The number of fused-ring (bicyclic) bond motifs is 7. The number of nitrogens with zero attached hydrogens (tertiary/aromatic N) is 3. The molecule has 6 atom stereocenters. The highest BCUT2D eigenvalue weighted by Crippen LogP contribution is 2.75. The first-order valence-electron chi connectivity index (χ1n) is 19.5. The van der Waals surface area contributed by atoms with Crippen LogP contribution in [0, 0.1) is 43.1 Å². The Morgan fingerprint density at radius 2 is 1.60 bits per heavy atom. The zero-order valence-corrected chi connectivity index (χ0v) is 32.5. The minimum absolute atomic E-state index is 0.0100. The smallest absolute Gasteiger partial charge is 0.415 e. The zero-order chi connectivity index (χ0) is 38.1. The summed E-state index contributed by atoms with van der Waals surface area (Å²) in [6.07, 6.45) is 12.1. The quantitative estimate of drug-likeness (QED) is 0.163. The predicted molar refractivity (Wildman–Crippen MR) is 201 cm³/mol. The van der Waals surface area contributed by atoms with Gasteiger partial charge in [0.2, 0.25) is 5.78 Å². The molecule has 1 saturated heterocycles. The maximum absolute atomic E-state index is 13.9. The fraction of sp³-hybridized carbons (Fsp3) is 0.605. The van der Waals surface area contributed by atoms with Crippen molar-refractivity contribution in [2.45, 2.75) is 100 Å². The lowest BCUT2D eigenvalue weighted by Crippen LogP contribution is -2.62. The van der Waals surface area contributed by atoms with E-state index in [1.54, 1.807) is 23.1 Å². The number of allylic oxidation sites excluding steroid dienone is 7. The van der Waals surface area contributed by atoms with Gasteiger partial charge in [-0.1, -0.05) is 52.3 Å².